The quantitative estimate of drug-likeness (QED) is 0.519. The lowest BCUT2D eigenvalue weighted by molar-refractivity contribution is 0.102. The van der Waals surface area contributed by atoms with Crippen LogP contribution in [0.5, 0.6) is 5.75 Å². The maximum absolute atomic E-state index is 12.9. The highest BCUT2D eigenvalue weighted by atomic mass is 32.2. The first-order valence-corrected chi connectivity index (χ1v) is 11.4. The van der Waals surface area contributed by atoms with Crippen LogP contribution in [0.4, 0.5) is 5.69 Å². The Morgan fingerprint density at radius 1 is 1.00 bits per heavy atom. The van der Waals surface area contributed by atoms with Gasteiger partial charge in [-0.05, 0) is 47.9 Å². The van der Waals surface area contributed by atoms with Crippen LogP contribution in [-0.2, 0) is 22.9 Å². The van der Waals surface area contributed by atoms with E-state index in [9.17, 15) is 13.2 Å². The third-order valence-corrected chi connectivity index (χ3v) is 6.24. The molecule has 0 bridgehead atoms. The summed E-state index contributed by atoms with van der Waals surface area (Å²) in [6.45, 7) is 0.209. The molecule has 1 amide bonds. The number of methoxy groups -OCH3 is 1. The minimum absolute atomic E-state index is 0.106. The van der Waals surface area contributed by atoms with Gasteiger partial charge < -0.3 is 10.1 Å². The van der Waals surface area contributed by atoms with E-state index in [2.05, 4.69) is 16.1 Å². The van der Waals surface area contributed by atoms with Crippen LogP contribution in [0.3, 0.4) is 0 Å². The van der Waals surface area contributed by atoms with Gasteiger partial charge in [-0.25, -0.2) is 13.1 Å². The lowest BCUT2D eigenvalue weighted by Gasteiger charge is -2.13. The van der Waals surface area contributed by atoms with Crippen LogP contribution in [0.2, 0.25) is 0 Å². The van der Waals surface area contributed by atoms with E-state index in [1.807, 2.05) is 30.3 Å². The van der Waals surface area contributed by atoms with Crippen LogP contribution in [0, 0.1) is 11.3 Å². The molecule has 0 unspecified atom stereocenters. The van der Waals surface area contributed by atoms with E-state index < -0.39 is 15.9 Å². The van der Waals surface area contributed by atoms with Crippen molar-refractivity contribution >= 4 is 21.6 Å². The zero-order chi connectivity index (χ0) is 23.0. The minimum atomic E-state index is -3.90. The zero-order valence-electron chi connectivity index (χ0n) is 17.5. The molecule has 8 heteroatoms. The number of anilines is 1. The van der Waals surface area contributed by atoms with Crippen molar-refractivity contribution in [2.45, 2.75) is 17.7 Å². The van der Waals surface area contributed by atoms with Gasteiger partial charge in [0.25, 0.3) is 5.91 Å². The lowest BCUT2D eigenvalue weighted by Crippen LogP contribution is -2.27. The van der Waals surface area contributed by atoms with Gasteiger partial charge in [0.1, 0.15) is 10.6 Å². The second kappa shape index (κ2) is 10.6. The molecule has 0 heterocycles. The number of rotatable bonds is 9. The molecule has 32 heavy (non-hydrogen) atoms. The number of hydrogen-bond acceptors (Lipinski definition) is 5. The van der Waals surface area contributed by atoms with Crippen molar-refractivity contribution in [2.24, 2.45) is 0 Å². The van der Waals surface area contributed by atoms with E-state index in [4.69, 9.17) is 10.00 Å². The Kier molecular flexibility index (Phi) is 7.60. The molecule has 164 valence electrons. The Balaban J connectivity index is 1.75. The molecule has 3 rings (SSSR count). The highest BCUT2D eigenvalue weighted by molar-refractivity contribution is 7.89. The standard InChI is InChI=1S/C24H23N3O4S/c1-31-22-12-9-20(24(28)27-21-10-7-19(8-11-21)13-15-25)17-23(22)32(29,30)26-16-14-18-5-3-2-4-6-18/h2-12,17,26H,13-14,16H2,1H3,(H,27,28). The molecule has 0 fully saturated rings. The molecular weight excluding hydrogens is 426 g/mol. The Bertz CT molecular complexity index is 1220. The molecule has 0 aliphatic carbocycles. The molecule has 0 atom stereocenters. The first-order valence-electron chi connectivity index (χ1n) is 9.92. The van der Waals surface area contributed by atoms with Gasteiger partial charge in [0.2, 0.25) is 10.0 Å². The number of ether oxygens (including phenoxy) is 1. The van der Waals surface area contributed by atoms with Gasteiger partial charge >= 0.3 is 0 Å². The molecule has 0 saturated carbocycles. The van der Waals surface area contributed by atoms with Gasteiger partial charge in [0.05, 0.1) is 19.6 Å². The van der Waals surface area contributed by atoms with Gasteiger partial charge in [-0.3, -0.25) is 4.79 Å². The van der Waals surface area contributed by atoms with Crippen LogP contribution in [0.15, 0.2) is 77.7 Å². The Labute approximate surface area is 187 Å². The zero-order valence-corrected chi connectivity index (χ0v) is 18.4. The number of carbonyl (C=O) groups excluding carboxylic acids is 1. The third-order valence-electron chi connectivity index (χ3n) is 4.76. The number of carbonyl (C=O) groups is 1. The maximum Gasteiger partial charge on any atom is 0.255 e. The van der Waals surface area contributed by atoms with Crippen molar-refractivity contribution in [3.05, 3.63) is 89.5 Å². The highest BCUT2D eigenvalue weighted by Crippen LogP contribution is 2.25. The van der Waals surface area contributed by atoms with Crippen LogP contribution in [-0.4, -0.2) is 28.0 Å². The highest BCUT2D eigenvalue weighted by Gasteiger charge is 2.21. The molecule has 0 radical (unpaired) electrons. The van der Waals surface area contributed by atoms with Crippen LogP contribution in [0.1, 0.15) is 21.5 Å². The van der Waals surface area contributed by atoms with E-state index in [0.717, 1.165) is 11.1 Å². The number of nitrogens with zero attached hydrogens (tertiary/aromatic N) is 1. The van der Waals surface area contributed by atoms with Gasteiger partial charge in [0.15, 0.2) is 0 Å². The smallest absolute Gasteiger partial charge is 0.255 e. The average molecular weight is 450 g/mol. The largest absolute Gasteiger partial charge is 0.495 e. The number of benzene rings is 3. The monoisotopic (exact) mass is 449 g/mol. The molecule has 2 N–H and O–H groups in total. The van der Waals surface area contributed by atoms with Gasteiger partial charge in [-0.2, -0.15) is 5.26 Å². The molecular formula is C24H23N3O4S. The predicted molar refractivity (Wildman–Crippen MR) is 122 cm³/mol. The second-order valence-electron chi connectivity index (χ2n) is 6.98. The van der Waals surface area contributed by atoms with Crippen molar-refractivity contribution in [3.63, 3.8) is 0 Å². The summed E-state index contributed by atoms with van der Waals surface area (Å²) >= 11 is 0. The number of amides is 1. The van der Waals surface area contributed by atoms with Crippen molar-refractivity contribution in [3.8, 4) is 11.8 Å². The number of nitriles is 1. The van der Waals surface area contributed by atoms with Gasteiger partial charge in [0, 0.05) is 17.8 Å². The fourth-order valence-corrected chi connectivity index (χ4v) is 4.31. The normalized spacial score (nSPS) is 10.9. The summed E-state index contributed by atoms with van der Waals surface area (Å²) in [4.78, 5) is 12.6. The lowest BCUT2D eigenvalue weighted by atomic mass is 10.1. The fourth-order valence-electron chi connectivity index (χ4n) is 3.08. The molecule has 3 aromatic carbocycles. The predicted octanol–water partition coefficient (Wildman–Crippen LogP) is 3.53. The summed E-state index contributed by atoms with van der Waals surface area (Å²) in [5, 5.41) is 11.5. The Hall–Kier alpha value is -3.67. The van der Waals surface area contributed by atoms with Crippen molar-refractivity contribution < 1.29 is 17.9 Å². The molecule has 0 spiro atoms. The van der Waals surface area contributed by atoms with E-state index >= 15 is 0 Å². The Morgan fingerprint density at radius 3 is 2.38 bits per heavy atom. The number of nitrogens with one attached hydrogen (secondary N) is 2. The van der Waals surface area contributed by atoms with E-state index in [1.165, 1.54) is 25.3 Å². The summed E-state index contributed by atoms with van der Waals surface area (Å²) in [5.41, 5.74) is 2.56. The van der Waals surface area contributed by atoms with Crippen LogP contribution >= 0.6 is 0 Å². The molecule has 0 aromatic heterocycles. The topological polar surface area (TPSA) is 108 Å². The van der Waals surface area contributed by atoms with Crippen LogP contribution < -0.4 is 14.8 Å². The summed E-state index contributed by atoms with van der Waals surface area (Å²) in [7, 11) is -2.52. The summed E-state index contributed by atoms with van der Waals surface area (Å²) < 4.78 is 33.5. The van der Waals surface area contributed by atoms with Gasteiger partial charge in [-0.15, -0.1) is 0 Å². The molecule has 0 aliphatic rings. The minimum Gasteiger partial charge on any atom is -0.495 e. The molecule has 0 aliphatic heterocycles. The number of sulfonamides is 1. The summed E-state index contributed by atoms with van der Waals surface area (Å²) in [5.74, 6) is -0.309. The third kappa shape index (κ3) is 5.94. The SMILES string of the molecule is COc1ccc(C(=O)Nc2ccc(CC#N)cc2)cc1S(=O)(=O)NCCc1ccccc1. The van der Waals surface area contributed by atoms with E-state index in [-0.39, 0.29) is 29.2 Å². The first-order chi connectivity index (χ1) is 15.4. The molecule has 0 saturated heterocycles. The second-order valence-corrected chi connectivity index (χ2v) is 8.72. The Morgan fingerprint density at radius 2 is 1.72 bits per heavy atom. The van der Waals surface area contributed by atoms with E-state index in [1.54, 1.807) is 24.3 Å². The molecule has 3 aromatic rings. The first kappa shape index (κ1) is 23.0. The number of hydrogen-bond donors (Lipinski definition) is 2. The summed E-state index contributed by atoms with van der Waals surface area (Å²) in [6, 6.07) is 22.7. The maximum atomic E-state index is 12.9. The van der Waals surface area contributed by atoms with Crippen molar-refractivity contribution in [1.29, 1.82) is 5.26 Å². The van der Waals surface area contributed by atoms with Crippen LogP contribution in [0.25, 0.3) is 0 Å². The molecule has 7 nitrogen and oxygen atoms in total. The van der Waals surface area contributed by atoms with E-state index in [0.29, 0.717) is 12.1 Å². The van der Waals surface area contributed by atoms with Gasteiger partial charge in [-0.1, -0.05) is 42.5 Å². The average Bonchev–Trinajstić information content (AvgIpc) is 2.80. The summed E-state index contributed by atoms with van der Waals surface area (Å²) in [6.07, 6.45) is 0.815. The van der Waals surface area contributed by atoms with Crippen molar-refractivity contribution in [2.75, 3.05) is 19.0 Å². The fraction of sp³-hybridized carbons (Fsp3) is 0.167. The van der Waals surface area contributed by atoms with Crippen molar-refractivity contribution in [1.82, 2.24) is 4.72 Å².